The number of benzene rings is 2. The van der Waals surface area contributed by atoms with E-state index in [0.29, 0.717) is 27.9 Å². The second-order valence-corrected chi connectivity index (χ2v) is 6.47. The number of pyridine rings is 1. The van der Waals surface area contributed by atoms with E-state index in [1.54, 1.807) is 30.5 Å². The number of fused-ring (bicyclic) bond motifs is 1. The molecule has 2 heterocycles. The summed E-state index contributed by atoms with van der Waals surface area (Å²) in [5.74, 6) is 1.09. The van der Waals surface area contributed by atoms with E-state index in [1.165, 1.54) is 0 Å². The molecule has 0 bridgehead atoms. The fraction of sp³-hybridized carbons (Fsp3) is 0.100. The van der Waals surface area contributed by atoms with E-state index in [-0.39, 0.29) is 12.7 Å². The average molecular weight is 382 g/mol. The Morgan fingerprint density at radius 2 is 1.85 bits per heavy atom. The number of hydrogen-bond acceptors (Lipinski definition) is 5. The minimum absolute atomic E-state index is 0.223. The monoisotopic (exact) mass is 381 g/mol. The third-order valence-electron chi connectivity index (χ3n) is 4.10. The average Bonchev–Trinajstić information content (AvgIpc) is 3.13. The number of hydrogen-bond donors (Lipinski definition) is 2. The van der Waals surface area contributed by atoms with Gasteiger partial charge < -0.3 is 20.1 Å². The highest BCUT2D eigenvalue weighted by molar-refractivity contribution is 6.31. The molecule has 0 fully saturated rings. The first-order valence-corrected chi connectivity index (χ1v) is 8.66. The maximum absolute atomic E-state index is 12.6. The second kappa shape index (κ2) is 7.17. The van der Waals surface area contributed by atoms with Gasteiger partial charge in [-0.2, -0.15) is 0 Å². The highest BCUT2D eigenvalue weighted by atomic mass is 35.5. The summed E-state index contributed by atoms with van der Waals surface area (Å²) in [5, 5.41) is 6.64. The number of carbonyl (C=O) groups is 1. The fourth-order valence-corrected chi connectivity index (χ4v) is 2.86. The highest BCUT2D eigenvalue weighted by Crippen LogP contribution is 2.35. The van der Waals surface area contributed by atoms with Crippen molar-refractivity contribution in [1.82, 2.24) is 4.98 Å². The van der Waals surface area contributed by atoms with Crippen molar-refractivity contribution < 1.29 is 14.3 Å². The second-order valence-electron chi connectivity index (χ2n) is 6.04. The summed E-state index contributed by atoms with van der Waals surface area (Å²) in [6.45, 7) is 2.12. The van der Waals surface area contributed by atoms with Crippen LogP contribution in [0.25, 0.3) is 0 Å². The van der Waals surface area contributed by atoms with Crippen LogP contribution in [-0.4, -0.2) is 17.7 Å². The Hall–Kier alpha value is -3.25. The molecule has 2 N–H and O–H groups in total. The molecule has 0 saturated heterocycles. The quantitative estimate of drug-likeness (QED) is 0.681. The number of aryl methyl sites for hydroxylation is 1. The number of amides is 1. The van der Waals surface area contributed by atoms with Crippen LogP contribution in [0.1, 0.15) is 16.1 Å². The van der Waals surface area contributed by atoms with E-state index < -0.39 is 0 Å². The lowest BCUT2D eigenvalue weighted by molar-refractivity contribution is 0.102. The molecule has 136 valence electrons. The fourth-order valence-electron chi connectivity index (χ4n) is 2.69. The summed E-state index contributed by atoms with van der Waals surface area (Å²) >= 11 is 6.01. The van der Waals surface area contributed by atoms with Crippen LogP contribution in [0.3, 0.4) is 0 Å². The van der Waals surface area contributed by atoms with Crippen LogP contribution in [0.4, 0.5) is 17.1 Å². The van der Waals surface area contributed by atoms with Gasteiger partial charge >= 0.3 is 0 Å². The lowest BCUT2D eigenvalue weighted by Gasteiger charge is -2.10. The van der Waals surface area contributed by atoms with Crippen LogP contribution in [0.5, 0.6) is 11.5 Å². The van der Waals surface area contributed by atoms with Crippen LogP contribution in [0.15, 0.2) is 54.7 Å². The topological polar surface area (TPSA) is 72.5 Å². The molecule has 0 aliphatic carbocycles. The van der Waals surface area contributed by atoms with Crippen molar-refractivity contribution in [2.45, 2.75) is 6.92 Å². The molecule has 0 atom stereocenters. The number of aromatic nitrogens is 1. The van der Waals surface area contributed by atoms with Crippen LogP contribution in [-0.2, 0) is 0 Å². The maximum Gasteiger partial charge on any atom is 0.274 e. The summed E-state index contributed by atoms with van der Waals surface area (Å²) in [4.78, 5) is 16.7. The Morgan fingerprint density at radius 1 is 1.04 bits per heavy atom. The number of rotatable bonds is 4. The van der Waals surface area contributed by atoms with E-state index >= 15 is 0 Å². The first-order valence-electron chi connectivity index (χ1n) is 8.29. The Bertz CT molecular complexity index is 1020. The lowest BCUT2D eigenvalue weighted by atomic mass is 10.2. The third-order valence-corrected chi connectivity index (χ3v) is 4.34. The van der Waals surface area contributed by atoms with Gasteiger partial charge in [0.2, 0.25) is 6.79 Å². The Morgan fingerprint density at radius 3 is 2.74 bits per heavy atom. The third kappa shape index (κ3) is 3.80. The zero-order valence-corrected chi connectivity index (χ0v) is 15.2. The van der Waals surface area contributed by atoms with E-state index in [1.807, 2.05) is 31.2 Å². The SMILES string of the molecule is Cc1ccc(Cl)cc1NC(=O)c1cc(Nc2ccc3c(c2)OCO3)ccn1. The zero-order valence-electron chi connectivity index (χ0n) is 14.5. The standard InChI is InChI=1S/C20H16ClN3O3/c1-12-2-3-13(21)8-16(12)24-20(25)17-9-15(6-7-22-17)23-14-4-5-18-19(10-14)27-11-26-18/h2-10H,11H2,1H3,(H,22,23)(H,24,25). The first-order chi connectivity index (χ1) is 13.1. The summed E-state index contributed by atoms with van der Waals surface area (Å²) in [5.41, 5.74) is 3.42. The van der Waals surface area contributed by atoms with Gasteiger partial charge in [-0.05, 0) is 48.9 Å². The van der Waals surface area contributed by atoms with E-state index in [9.17, 15) is 4.79 Å². The molecule has 1 amide bonds. The minimum Gasteiger partial charge on any atom is -0.454 e. The molecule has 1 aliphatic rings. The van der Waals surface area contributed by atoms with Gasteiger partial charge in [0.05, 0.1) is 0 Å². The highest BCUT2D eigenvalue weighted by Gasteiger charge is 2.14. The number of carbonyl (C=O) groups excluding carboxylic acids is 1. The molecule has 3 aromatic rings. The van der Waals surface area contributed by atoms with Gasteiger partial charge in [0.1, 0.15) is 5.69 Å². The molecule has 0 saturated carbocycles. The largest absolute Gasteiger partial charge is 0.454 e. The van der Waals surface area contributed by atoms with Gasteiger partial charge in [-0.15, -0.1) is 0 Å². The van der Waals surface area contributed by atoms with Crippen molar-refractivity contribution in [3.63, 3.8) is 0 Å². The van der Waals surface area contributed by atoms with Gasteiger partial charge in [-0.3, -0.25) is 9.78 Å². The van der Waals surface area contributed by atoms with Crippen LogP contribution in [0, 0.1) is 6.92 Å². The molecule has 7 heteroatoms. The number of halogens is 1. The van der Waals surface area contributed by atoms with Crippen molar-refractivity contribution >= 4 is 34.6 Å². The first kappa shape index (κ1) is 17.2. The molecule has 0 unspecified atom stereocenters. The predicted molar refractivity (Wildman–Crippen MR) is 104 cm³/mol. The molecule has 0 radical (unpaired) electrons. The maximum atomic E-state index is 12.6. The minimum atomic E-state index is -0.310. The van der Waals surface area contributed by atoms with Crippen molar-refractivity contribution in [3.8, 4) is 11.5 Å². The zero-order chi connectivity index (χ0) is 18.8. The summed E-state index contributed by atoms with van der Waals surface area (Å²) in [7, 11) is 0. The van der Waals surface area contributed by atoms with Crippen LogP contribution in [0.2, 0.25) is 5.02 Å². The van der Waals surface area contributed by atoms with E-state index in [4.69, 9.17) is 21.1 Å². The van der Waals surface area contributed by atoms with Crippen molar-refractivity contribution in [2.75, 3.05) is 17.4 Å². The Labute approximate surface area is 161 Å². The van der Waals surface area contributed by atoms with Crippen molar-refractivity contribution in [2.24, 2.45) is 0 Å². The lowest BCUT2D eigenvalue weighted by Crippen LogP contribution is -2.14. The van der Waals surface area contributed by atoms with Crippen LogP contribution < -0.4 is 20.1 Å². The Kier molecular flexibility index (Phi) is 4.56. The number of nitrogens with zero attached hydrogens (tertiary/aromatic N) is 1. The smallest absolute Gasteiger partial charge is 0.274 e. The van der Waals surface area contributed by atoms with Gasteiger partial charge in [0, 0.05) is 34.3 Å². The van der Waals surface area contributed by atoms with Gasteiger partial charge in [0.15, 0.2) is 11.5 Å². The summed E-state index contributed by atoms with van der Waals surface area (Å²) in [6.07, 6.45) is 1.58. The summed E-state index contributed by atoms with van der Waals surface area (Å²) in [6, 6.07) is 14.4. The molecular weight excluding hydrogens is 366 g/mol. The number of anilines is 3. The number of nitrogens with one attached hydrogen (secondary N) is 2. The van der Waals surface area contributed by atoms with Crippen molar-refractivity contribution in [3.05, 3.63) is 71.0 Å². The normalized spacial score (nSPS) is 11.9. The molecule has 4 rings (SSSR count). The molecule has 1 aliphatic heterocycles. The van der Waals surface area contributed by atoms with E-state index in [0.717, 1.165) is 16.9 Å². The molecule has 27 heavy (non-hydrogen) atoms. The van der Waals surface area contributed by atoms with Crippen molar-refractivity contribution in [1.29, 1.82) is 0 Å². The predicted octanol–water partition coefficient (Wildman–Crippen LogP) is 4.77. The number of ether oxygens (including phenoxy) is 2. The molecule has 0 spiro atoms. The van der Waals surface area contributed by atoms with E-state index in [2.05, 4.69) is 15.6 Å². The summed E-state index contributed by atoms with van der Waals surface area (Å²) < 4.78 is 10.7. The van der Waals surface area contributed by atoms with Gasteiger partial charge in [-0.1, -0.05) is 17.7 Å². The van der Waals surface area contributed by atoms with Gasteiger partial charge in [0.25, 0.3) is 5.91 Å². The molecule has 6 nitrogen and oxygen atoms in total. The molecule has 2 aromatic carbocycles. The van der Waals surface area contributed by atoms with Crippen LogP contribution >= 0.6 is 11.6 Å². The van der Waals surface area contributed by atoms with Gasteiger partial charge in [-0.25, -0.2) is 0 Å². The molecular formula is C20H16ClN3O3. The Balaban J connectivity index is 1.52. The molecule has 1 aromatic heterocycles.